The van der Waals surface area contributed by atoms with Gasteiger partial charge in [0.1, 0.15) is 17.8 Å². The molecule has 0 bridgehead atoms. The number of rotatable bonds is 1. The highest BCUT2D eigenvalue weighted by molar-refractivity contribution is 5.92. The van der Waals surface area contributed by atoms with Gasteiger partial charge in [-0.05, 0) is 50.0 Å². The van der Waals surface area contributed by atoms with Gasteiger partial charge in [0.15, 0.2) is 11.4 Å². The Labute approximate surface area is 161 Å². The zero-order chi connectivity index (χ0) is 19.7. The van der Waals surface area contributed by atoms with Gasteiger partial charge in [-0.1, -0.05) is 27.2 Å². The molecule has 2 aliphatic heterocycles. The number of ether oxygens (including phenoxy) is 3. The largest absolute Gasteiger partial charge is 0.498 e. The van der Waals surface area contributed by atoms with Crippen molar-refractivity contribution in [1.29, 1.82) is 0 Å². The van der Waals surface area contributed by atoms with E-state index in [1.165, 1.54) is 6.92 Å². The van der Waals surface area contributed by atoms with Gasteiger partial charge in [0.05, 0.1) is 6.26 Å². The molecule has 4 rings (SSSR count). The second-order valence-corrected chi connectivity index (χ2v) is 10.2. The first-order chi connectivity index (χ1) is 12.5. The number of hydrogen-bond acceptors (Lipinski definition) is 5. The normalized spacial score (nSPS) is 47.9. The fourth-order valence-corrected chi connectivity index (χ4v) is 6.89. The van der Waals surface area contributed by atoms with Crippen LogP contribution in [-0.2, 0) is 23.8 Å². The molecule has 2 heterocycles. The molecule has 150 valence electrons. The van der Waals surface area contributed by atoms with Crippen molar-refractivity contribution in [2.45, 2.75) is 89.9 Å². The van der Waals surface area contributed by atoms with Crippen molar-refractivity contribution < 1.29 is 23.8 Å². The third kappa shape index (κ3) is 2.33. The topological polar surface area (TPSA) is 61.8 Å². The summed E-state index contributed by atoms with van der Waals surface area (Å²) >= 11 is 0. The molecule has 5 atom stereocenters. The van der Waals surface area contributed by atoms with Gasteiger partial charge in [-0.15, -0.1) is 0 Å². The predicted molar refractivity (Wildman–Crippen MR) is 99.9 cm³/mol. The smallest absolute Gasteiger partial charge is 0.303 e. The van der Waals surface area contributed by atoms with Crippen LogP contribution in [0.1, 0.15) is 73.1 Å². The monoisotopic (exact) mass is 376 g/mol. The van der Waals surface area contributed by atoms with Crippen molar-refractivity contribution >= 4 is 11.8 Å². The van der Waals surface area contributed by atoms with Crippen molar-refractivity contribution in [1.82, 2.24) is 0 Å². The molecule has 4 aliphatic rings. The maximum absolute atomic E-state index is 13.5. The van der Waals surface area contributed by atoms with E-state index >= 15 is 0 Å². The Hall–Kier alpha value is -1.36. The molecule has 3 fully saturated rings. The minimum atomic E-state index is -1.27. The van der Waals surface area contributed by atoms with E-state index in [9.17, 15) is 9.59 Å². The van der Waals surface area contributed by atoms with Crippen LogP contribution in [0.2, 0.25) is 0 Å². The zero-order valence-electron chi connectivity index (χ0n) is 17.2. The fourth-order valence-electron chi connectivity index (χ4n) is 6.89. The third-order valence-corrected chi connectivity index (χ3v) is 8.27. The second-order valence-electron chi connectivity index (χ2n) is 10.2. The highest BCUT2D eigenvalue weighted by atomic mass is 16.6. The third-order valence-electron chi connectivity index (χ3n) is 8.27. The van der Waals surface area contributed by atoms with Crippen LogP contribution < -0.4 is 0 Å². The second kappa shape index (κ2) is 5.59. The van der Waals surface area contributed by atoms with Gasteiger partial charge in [0.25, 0.3) is 0 Å². The highest BCUT2D eigenvalue weighted by Crippen LogP contribution is 2.68. The van der Waals surface area contributed by atoms with E-state index in [-0.39, 0.29) is 22.5 Å². The molecular formula is C22H32O5. The number of carbonyl (C=O) groups is 2. The van der Waals surface area contributed by atoms with Crippen molar-refractivity contribution in [3.8, 4) is 0 Å². The van der Waals surface area contributed by atoms with Gasteiger partial charge in [-0.2, -0.15) is 0 Å². The molecule has 0 N–H and O–H groups in total. The minimum Gasteiger partial charge on any atom is -0.498 e. The van der Waals surface area contributed by atoms with Crippen LogP contribution in [0.3, 0.4) is 0 Å². The van der Waals surface area contributed by atoms with Gasteiger partial charge in [0, 0.05) is 18.8 Å². The fraction of sp³-hybridized carbons (Fsp3) is 0.818. The molecule has 27 heavy (non-hydrogen) atoms. The molecule has 2 spiro atoms. The van der Waals surface area contributed by atoms with E-state index in [2.05, 4.69) is 20.8 Å². The Bertz CT molecular complexity index is 711. The lowest BCUT2D eigenvalue weighted by atomic mass is 9.43. The predicted octanol–water partition coefficient (Wildman–Crippen LogP) is 3.95. The molecule has 2 aliphatic carbocycles. The quantitative estimate of drug-likeness (QED) is 0.649. The van der Waals surface area contributed by atoms with E-state index in [1.807, 2.05) is 6.08 Å². The number of Topliss-reactive ketones (excluding diaryl/α,β-unsaturated/α-hetero) is 1. The van der Waals surface area contributed by atoms with Crippen molar-refractivity contribution in [3.05, 3.63) is 12.3 Å². The van der Waals surface area contributed by atoms with Crippen LogP contribution in [0.4, 0.5) is 0 Å². The SMILES string of the molecule is CC(=O)O[C@@]1(C)C(=O)C[C@@H]2C(C)(C)CCC[C@]2(C)[C@@]12CC[C@]1(C=COC1)O2. The summed E-state index contributed by atoms with van der Waals surface area (Å²) in [6, 6.07) is 0. The summed E-state index contributed by atoms with van der Waals surface area (Å²) in [5, 5.41) is 0. The zero-order valence-corrected chi connectivity index (χ0v) is 17.2. The van der Waals surface area contributed by atoms with Gasteiger partial charge in [-0.25, -0.2) is 0 Å². The lowest BCUT2D eigenvalue weighted by Gasteiger charge is -2.65. The maximum Gasteiger partial charge on any atom is 0.303 e. The Kier molecular flexibility index (Phi) is 3.93. The molecule has 5 heteroatoms. The van der Waals surface area contributed by atoms with E-state index in [0.29, 0.717) is 19.4 Å². The van der Waals surface area contributed by atoms with E-state index in [1.54, 1.807) is 13.2 Å². The lowest BCUT2D eigenvalue weighted by Crippen LogP contribution is -2.74. The summed E-state index contributed by atoms with van der Waals surface area (Å²) in [4.78, 5) is 25.5. The standard InChI is InChI=1S/C22H32O5/c1-15(23)26-20(5)17(24)13-16-18(2,3)7-6-8-19(16,4)22(20)10-9-21(27-22)11-12-25-14-21/h11-12,16H,6-10,13-14H2,1-5H3/t16-,19+,20+,21-,22+/m1/s1. The molecular weight excluding hydrogens is 344 g/mol. The summed E-state index contributed by atoms with van der Waals surface area (Å²) in [7, 11) is 0. The van der Waals surface area contributed by atoms with Gasteiger partial charge >= 0.3 is 5.97 Å². The number of carbonyl (C=O) groups excluding carboxylic acids is 2. The van der Waals surface area contributed by atoms with Gasteiger partial charge in [0.2, 0.25) is 0 Å². The molecule has 1 saturated heterocycles. The summed E-state index contributed by atoms with van der Waals surface area (Å²) in [6.07, 6.45) is 8.75. The summed E-state index contributed by atoms with van der Waals surface area (Å²) in [5.74, 6) is -0.225. The van der Waals surface area contributed by atoms with Crippen LogP contribution >= 0.6 is 0 Å². The number of esters is 1. The summed E-state index contributed by atoms with van der Waals surface area (Å²) in [6.45, 7) is 10.4. The number of fused-ring (bicyclic) bond motifs is 2. The Morgan fingerprint density at radius 1 is 1.15 bits per heavy atom. The number of ketones is 1. The van der Waals surface area contributed by atoms with Crippen LogP contribution in [0.25, 0.3) is 0 Å². The highest BCUT2D eigenvalue weighted by Gasteiger charge is 2.76. The maximum atomic E-state index is 13.5. The lowest BCUT2D eigenvalue weighted by molar-refractivity contribution is -0.282. The first-order valence-corrected chi connectivity index (χ1v) is 10.2. The van der Waals surface area contributed by atoms with E-state index < -0.39 is 22.8 Å². The van der Waals surface area contributed by atoms with Crippen molar-refractivity contribution in [2.24, 2.45) is 16.7 Å². The van der Waals surface area contributed by atoms with Crippen LogP contribution in [0, 0.1) is 16.7 Å². The molecule has 5 nitrogen and oxygen atoms in total. The van der Waals surface area contributed by atoms with Crippen molar-refractivity contribution in [2.75, 3.05) is 6.61 Å². The molecule has 0 radical (unpaired) electrons. The average Bonchev–Trinajstić information content (AvgIpc) is 3.18. The van der Waals surface area contributed by atoms with Gasteiger partial charge < -0.3 is 14.2 Å². The molecule has 0 unspecified atom stereocenters. The first kappa shape index (κ1) is 19.0. The molecule has 0 amide bonds. The van der Waals surface area contributed by atoms with Crippen LogP contribution in [0.5, 0.6) is 0 Å². The Morgan fingerprint density at radius 3 is 2.52 bits per heavy atom. The molecule has 0 aromatic heterocycles. The Morgan fingerprint density at radius 2 is 1.89 bits per heavy atom. The first-order valence-electron chi connectivity index (χ1n) is 10.2. The summed E-state index contributed by atoms with van der Waals surface area (Å²) in [5.41, 5.74) is -2.81. The average molecular weight is 376 g/mol. The Balaban J connectivity index is 1.88. The number of hydrogen-bond donors (Lipinski definition) is 0. The van der Waals surface area contributed by atoms with E-state index in [0.717, 1.165) is 25.7 Å². The van der Waals surface area contributed by atoms with Gasteiger partial charge in [-0.3, -0.25) is 9.59 Å². The van der Waals surface area contributed by atoms with Crippen LogP contribution in [-0.4, -0.2) is 35.2 Å². The van der Waals surface area contributed by atoms with Crippen LogP contribution in [0.15, 0.2) is 12.3 Å². The molecule has 0 aromatic rings. The molecule has 0 aromatic carbocycles. The molecule has 2 saturated carbocycles. The van der Waals surface area contributed by atoms with E-state index in [4.69, 9.17) is 14.2 Å². The minimum absolute atomic E-state index is 0.00454. The van der Waals surface area contributed by atoms with Crippen molar-refractivity contribution in [3.63, 3.8) is 0 Å². The summed E-state index contributed by atoms with van der Waals surface area (Å²) < 4.78 is 18.2.